The average Bonchev–Trinajstić information content (AvgIpc) is 3.25. The topological polar surface area (TPSA) is 68.7 Å². The van der Waals surface area contributed by atoms with Crippen molar-refractivity contribution in [3.8, 4) is 17.1 Å². The van der Waals surface area contributed by atoms with Crippen LogP contribution in [0.15, 0.2) is 40.0 Å². The minimum atomic E-state index is -4.47. The number of ether oxygens (including phenoxy) is 1. The van der Waals surface area contributed by atoms with Crippen LogP contribution >= 0.6 is 0 Å². The SMILES string of the molecule is COc1cc(N=C2CN(C(F)(F)F)Cn3cc(C)nc32)ccc1-c1cnc(C)o1. The summed E-state index contributed by atoms with van der Waals surface area (Å²) in [6, 6.07) is 5.07. The van der Waals surface area contributed by atoms with E-state index in [2.05, 4.69) is 15.0 Å². The molecule has 0 unspecified atom stereocenters. The Labute approximate surface area is 164 Å². The summed E-state index contributed by atoms with van der Waals surface area (Å²) in [6.07, 6.45) is -1.30. The van der Waals surface area contributed by atoms with Crippen LogP contribution in [-0.4, -0.2) is 45.1 Å². The van der Waals surface area contributed by atoms with Gasteiger partial charge in [-0.15, -0.1) is 0 Å². The van der Waals surface area contributed by atoms with Crippen molar-refractivity contribution >= 4 is 11.4 Å². The van der Waals surface area contributed by atoms with E-state index < -0.39 is 6.30 Å². The van der Waals surface area contributed by atoms with Crippen LogP contribution in [0, 0.1) is 13.8 Å². The lowest BCUT2D eigenvalue weighted by Gasteiger charge is -2.30. The Bertz CT molecular complexity index is 1080. The van der Waals surface area contributed by atoms with Gasteiger partial charge in [0.1, 0.15) is 5.75 Å². The third kappa shape index (κ3) is 3.75. The molecule has 3 heterocycles. The normalized spacial score (nSPS) is 16.3. The zero-order valence-electron chi connectivity index (χ0n) is 16.0. The molecule has 7 nitrogen and oxygen atoms in total. The first kappa shape index (κ1) is 19.2. The second-order valence-electron chi connectivity index (χ2n) is 6.67. The number of imidazole rings is 1. The Kier molecular flexibility index (Phi) is 4.65. The van der Waals surface area contributed by atoms with E-state index in [1.54, 1.807) is 44.4 Å². The van der Waals surface area contributed by atoms with E-state index in [-0.39, 0.29) is 18.9 Å². The lowest BCUT2D eigenvalue weighted by atomic mass is 10.1. The molecule has 29 heavy (non-hydrogen) atoms. The highest BCUT2D eigenvalue weighted by atomic mass is 19.4. The summed E-state index contributed by atoms with van der Waals surface area (Å²) in [5, 5.41) is 0. The minimum absolute atomic E-state index is 0.229. The van der Waals surface area contributed by atoms with Crippen LogP contribution in [0.25, 0.3) is 11.3 Å². The zero-order chi connectivity index (χ0) is 20.8. The molecule has 0 radical (unpaired) electrons. The molecule has 0 amide bonds. The van der Waals surface area contributed by atoms with Crippen LogP contribution in [-0.2, 0) is 6.67 Å². The first-order valence-corrected chi connectivity index (χ1v) is 8.79. The predicted molar refractivity (Wildman–Crippen MR) is 99.2 cm³/mol. The lowest BCUT2D eigenvalue weighted by Crippen LogP contribution is -2.47. The molecule has 10 heteroatoms. The summed E-state index contributed by atoms with van der Waals surface area (Å²) in [5.74, 6) is 1.96. The van der Waals surface area contributed by atoms with Crippen molar-refractivity contribution in [2.75, 3.05) is 13.7 Å². The maximum Gasteiger partial charge on any atom is 0.461 e. The van der Waals surface area contributed by atoms with Crippen molar-refractivity contribution in [3.05, 3.63) is 48.0 Å². The fourth-order valence-electron chi connectivity index (χ4n) is 3.22. The van der Waals surface area contributed by atoms with E-state index >= 15 is 0 Å². The van der Waals surface area contributed by atoms with E-state index in [9.17, 15) is 13.2 Å². The number of halogens is 3. The molecule has 0 saturated carbocycles. The predicted octanol–water partition coefficient (Wildman–Crippen LogP) is 4.08. The van der Waals surface area contributed by atoms with Gasteiger partial charge in [0, 0.05) is 19.2 Å². The third-order valence-electron chi connectivity index (χ3n) is 4.51. The number of aryl methyl sites for hydroxylation is 2. The molecule has 1 aliphatic rings. The minimum Gasteiger partial charge on any atom is -0.496 e. The number of nitrogens with zero attached hydrogens (tertiary/aromatic N) is 5. The number of fused-ring (bicyclic) bond motifs is 1. The van der Waals surface area contributed by atoms with Gasteiger partial charge in [0.2, 0.25) is 0 Å². The van der Waals surface area contributed by atoms with Crippen molar-refractivity contribution in [2.24, 2.45) is 4.99 Å². The van der Waals surface area contributed by atoms with Gasteiger partial charge in [-0.2, -0.15) is 18.1 Å². The number of hydrogen-bond donors (Lipinski definition) is 0. The van der Waals surface area contributed by atoms with E-state index in [1.807, 2.05) is 0 Å². The monoisotopic (exact) mass is 405 g/mol. The Morgan fingerprint density at radius 2 is 2.03 bits per heavy atom. The molecular weight excluding hydrogens is 387 g/mol. The van der Waals surface area contributed by atoms with E-state index in [0.717, 1.165) is 0 Å². The second kappa shape index (κ2) is 7.03. The average molecular weight is 405 g/mol. The van der Waals surface area contributed by atoms with E-state index in [1.165, 1.54) is 11.7 Å². The highest BCUT2D eigenvalue weighted by Crippen LogP contribution is 2.34. The standard InChI is InChI=1S/C19H18F3N5O2/c1-11-8-26-10-27(19(20,21)22)9-15(18(26)24-11)25-13-4-5-14(16(6-13)28-3)17-7-23-12(2)29-17/h4-8H,9-10H2,1-3H3. The van der Waals surface area contributed by atoms with Crippen LogP contribution in [0.1, 0.15) is 17.4 Å². The fraction of sp³-hybridized carbons (Fsp3) is 0.316. The van der Waals surface area contributed by atoms with Crippen LogP contribution < -0.4 is 4.74 Å². The number of rotatable bonds is 3. The third-order valence-corrected chi connectivity index (χ3v) is 4.51. The van der Waals surface area contributed by atoms with Gasteiger partial charge in [0.05, 0.1) is 49.2 Å². The lowest BCUT2D eigenvalue weighted by molar-refractivity contribution is -0.251. The molecule has 0 N–H and O–H groups in total. The molecule has 1 aliphatic heterocycles. The van der Waals surface area contributed by atoms with Gasteiger partial charge in [-0.05, 0) is 19.1 Å². The molecule has 4 rings (SSSR count). The number of methoxy groups -OCH3 is 1. The van der Waals surface area contributed by atoms with Crippen molar-refractivity contribution in [1.82, 2.24) is 19.4 Å². The number of aromatic nitrogens is 3. The second-order valence-corrected chi connectivity index (χ2v) is 6.67. The van der Waals surface area contributed by atoms with Crippen molar-refractivity contribution in [3.63, 3.8) is 0 Å². The number of oxazole rings is 1. The van der Waals surface area contributed by atoms with Crippen LogP contribution in [0.4, 0.5) is 18.9 Å². The Morgan fingerprint density at radius 3 is 2.69 bits per heavy atom. The van der Waals surface area contributed by atoms with Gasteiger partial charge in [-0.1, -0.05) is 0 Å². The van der Waals surface area contributed by atoms with Crippen molar-refractivity contribution in [1.29, 1.82) is 0 Å². The summed E-state index contributed by atoms with van der Waals surface area (Å²) in [7, 11) is 1.50. The molecule has 0 atom stereocenters. The number of benzene rings is 1. The molecular formula is C19H18F3N5O2. The summed E-state index contributed by atoms with van der Waals surface area (Å²) in [4.78, 5) is 13.3. The van der Waals surface area contributed by atoms with Crippen LogP contribution in [0.3, 0.4) is 0 Å². The quantitative estimate of drug-likeness (QED) is 0.615. The molecule has 0 fully saturated rings. The smallest absolute Gasteiger partial charge is 0.461 e. The maximum absolute atomic E-state index is 13.3. The Balaban J connectivity index is 1.74. The highest BCUT2D eigenvalue weighted by molar-refractivity contribution is 6.01. The molecule has 0 spiro atoms. The first-order chi connectivity index (χ1) is 13.7. The number of aliphatic imine (C=N–C) groups is 1. The van der Waals surface area contributed by atoms with Gasteiger partial charge >= 0.3 is 6.30 Å². The number of hydrogen-bond acceptors (Lipinski definition) is 6. The fourth-order valence-corrected chi connectivity index (χ4v) is 3.22. The molecule has 0 bridgehead atoms. The molecule has 2 aromatic heterocycles. The van der Waals surface area contributed by atoms with Gasteiger partial charge in [0.15, 0.2) is 17.5 Å². The van der Waals surface area contributed by atoms with E-state index in [4.69, 9.17) is 9.15 Å². The van der Waals surface area contributed by atoms with Crippen LogP contribution in [0.2, 0.25) is 0 Å². The molecule has 3 aromatic rings. The summed E-state index contributed by atoms with van der Waals surface area (Å²) in [5.41, 5.74) is 1.99. The Hall–Kier alpha value is -3.14. The molecule has 1 aromatic carbocycles. The summed E-state index contributed by atoms with van der Waals surface area (Å²) in [6.45, 7) is 2.77. The van der Waals surface area contributed by atoms with Gasteiger partial charge in [-0.25, -0.2) is 15.0 Å². The first-order valence-electron chi connectivity index (χ1n) is 8.79. The van der Waals surface area contributed by atoms with Crippen molar-refractivity contribution < 1.29 is 22.3 Å². The largest absolute Gasteiger partial charge is 0.496 e. The van der Waals surface area contributed by atoms with E-state index in [0.29, 0.717) is 45.1 Å². The number of alkyl halides is 3. The van der Waals surface area contributed by atoms with Crippen molar-refractivity contribution in [2.45, 2.75) is 26.8 Å². The summed E-state index contributed by atoms with van der Waals surface area (Å²) < 4.78 is 52.4. The van der Waals surface area contributed by atoms with Gasteiger partial charge < -0.3 is 13.7 Å². The molecule has 152 valence electrons. The molecule has 0 aliphatic carbocycles. The highest BCUT2D eigenvalue weighted by Gasteiger charge is 2.41. The Morgan fingerprint density at radius 1 is 1.24 bits per heavy atom. The summed E-state index contributed by atoms with van der Waals surface area (Å²) >= 11 is 0. The van der Waals surface area contributed by atoms with Gasteiger partial charge in [-0.3, -0.25) is 0 Å². The maximum atomic E-state index is 13.3. The zero-order valence-corrected chi connectivity index (χ0v) is 16.0. The molecule has 0 saturated heterocycles. The van der Waals surface area contributed by atoms with Crippen LogP contribution in [0.5, 0.6) is 5.75 Å². The van der Waals surface area contributed by atoms with Gasteiger partial charge in [0.25, 0.3) is 0 Å².